The van der Waals surface area contributed by atoms with Crippen LogP contribution in [0, 0.1) is 0 Å². The predicted molar refractivity (Wildman–Crippen MR) is 59.9 cm³/mol. The van der Waals surface area contributed by atoms with Gasteiger partial charge in [-0.05, 0) is 12.1 Å². The Hall–Kier alpha value is -1.07. The lowest BCUT2D eigenvalue weighted by Gasteiger charge is -2.20. The van der Waals surface area contributed by atoms with E-state index in [1.807, 2.05) is 0 Å². The fraction of sp³-hybridized carbons (Fsp3) is 0.400. The molecule has 1 aromatic carbocycles. The molecule has 0 amide bonds. The summed E-state index contributed by atoms with van der Waals surface area (Å²) in [5.41, 5.74) is 0.619. The Labute approximate surface area is 90.1 Å². The van der Waals surface area contributed by atoms with Crippen molar-refractivity contribution >= 4 is 15.5 Å². The van der Waals surface area contributed by atoms with Gasteiger partial charge in [0.05, 0.1) is 17.2 Å². The largest absolute Gasteiger partial charge is 0.395 e. The minimum Gasteiger partial charge on any atom is -0.395 e. The van der Waals surface area contributed by atoms with Crippen LogP contribution < -0.4 is 4.90 Å². The molecule has 84 valence electrons. The highest BCUT2D eigenvalue weighted by Crippen LogP contribution is 2.23. The van der Waals surface area contributed by atoms with Gasteiger partial charge in [-0.2, -0.15) is 0 Å². The summed E-state index contributed by atoms with van der Waals surface area (Å²) in [7, 11) is -1.47. The van der Waals surface area contributed by atoms with Crippen molar-refractivity contribution in [2.75, 3.05) is 31.4 Å². The molecule has 0 aromatic heterocycles. The van der Waals surface area contributed by atoms with E-state index >= 15 is 0 Å². The number of hydrogen-bond acceptors (Lipinski definition) is 4. The van der Waals surface area contributed by atoms with Crippen molar-refractivity contribution in [2.24, 2.45) is 0 Å². The standard InChI is InChI=1S/C10H15NO3S/c1-11(7-8-12)9-5-3-4-6-10(9)15(2,13)14/h3-6,12H,7-8H2,1-2H3. The quantitative estimate of drug-likeness (QED) is 0.817. The Kier molecular flexibility index (Phi) is 3.71. The third kappa shape index (κ3) is 2.94. The van der Waals surface area contributed by atoms with E-state index in [4.69, 9.17) is 5.11 Å². The second-order valence-corrected chi connectivity index (χ2v) is 5.37. The molecule has 5 heteroatoms. The van der Waals surface area contributed by atoms with Crippen molar-refractivity contribution < 1.29 is 13.5 Å². The first-order valence-corrected chi connectivity index (χ1v) is 6.47. The van der Waals surface area contributed by atoms with E-state index in [1.54, 1.807) is 36.2 Å². The van der Waals surface area contributed by atoms with E-state index in [9.17, 15) is 8.42 Å². The Balaban J connectivity index is 3.18. The van der Waals surface area contributed by atoms with Gasteiger partial charge in [-0.1, -0.05) is 12.1 Å². The van der Waals surface area contributed by atoms with E-state index in [0.717, 1.165) is 0 Å². The lowest BCUT2D eigenvalue weighted by atomic mass is 10.3. The van der Waals surface area contributed by atoms with Gasteiger partial charge in [-0.15, -0.1) is 0 Å². The Morgan fingerprint density at radius 3 is 2.47 bits per heavy atom. The zero-order valence-corrected chi connectivity index (χ0v) is 9.66. The smallest absolute Gasteiger partial charge is 0.177 e. The maximum Gasteiger partial charge on any atom is 0.177 e. The van der Waals surface area contributed by atoms with Crippen LogP contribution in [0.1, 0.15) is 0 Å². The highest BCUT2D eigenvalue weighted by molar-refractivity contribution is 7.90. The summed E-state index contributed by atoms with van der Waals surface area (Å²) < 4.78 is 22.9. The van der Waals surface area contributed by atoms with Gasteiger partial charge in [-0.25, -0.2) is 8.42 Å². The van der Waals surface area contributed by atoms with Gasteiger partial charge < -0.3 is 10.0 Å². The number of benzene rings is 1. The van der Waals surface area contributed by atoms with Crippen molar-refractivity contribution in [1.82, 2.24) is 0 Å². The minimum atomic E-state index is -3.22. The number of aliphatic hydroxyl groups excluding tert-OH is 1. The second-order valence-electron chi connectivity index (χ2n) is 3.39. The van der Waals surface area contributed by atoms with E-state index in [-0.39, 0.29) is 6.61 Å². The molecular weight excluding hydrogens is 214 g/mol. The molecule has 0 bridgehead atoms. The number of sulfone groups is 1. The maximum absolute atomic E-state index is 11.5. The normalized spacial score (nSPS) is 11.4. The Morgan fingerprint density at radius 1 is 1.33 bits per heavy atom. The van der Waals surface area contributed by atoms with Crippen LogP contribution in [0.15, 0.2) is 29.2 Å². The fourth-order valence-electron chi connectivity index (χ4n) is 1.36. The van der Waals surface area contributed by atoms with Crippen LogP contribution in [0.4, 0.5) is 5.69 Å². The van der Waals surface area contributed by atoms with Crippen molar-refractivity contribution in [3.8, 4) is 0 Å². The summed E-state index contributed by atoms with van der Waals surface area (Å²) in [6.07, 6.45) is 1.18. The average molecular weight is 229 g/mol. The van der Waals surface area contributed by atoms with Gasteiger partial charge in [-0.3, -0.25) is 0 Å². The van der Waals surface area contributed by atoms with Crippen LogP contribution >= 0.6 is 0 Å². The van der Waals surface area contributed by atoms with Gasteiger partial charge in [0, 0.05) is 19.8 Å². The number of para-hydroxylation sites is 1. The van der Waals surface area contributed by atoms with Gasteiger partial charge in [0.1, 0.15) is 0 Å². The number of likely N-dealkylation sites (N-methyl/N-ethyl adjacent to an activating group) is 1. The van der Waals surface area contributed by atoms with Crippen molar-refractivity contribution in [3.63, 3.8) is 0 Å². The second kappa shape index (κ2) is 4.63. The first-order chi connectivity index (χ1) is 6.96. The molecule has 0 aliphatic carbocycles. The van der Waals surface area contributed by atoms with E-state index in [0.29, 0.717) is 17.1 Å². The molecule has 0 fully saturated rings. The molecule has 0 saturated heterocycles. The maximum atomic E-state index is 11.5. The number of anilines is 1. The third-order valence-electron chi connectivity index (χ3n) is 2.11. The topological polar surface area (TPSA) is 57.6 Å². The van der Waals surface area contributed by atoms with Gasteiger partial charge in [0.2, 0.25) is 0 Å². The molecule has 0 saturated carbocycles. The van der Waals surface area contributed by atoms with Crippen LogP contribution in [0.3, 0.4) is 0 Å². The molecule has 0 spiro atoms. The summed E-state index contributed by atoms with van der Waals surface area (Å²) in [5.74, 6) is 0. The van der Waals surface area contributed by atoms with E-state index < -0.39 is 9.84 Å². The van der Waals surface area contributed by atoms with Gasteiger partial charge >= 0.3 is 0 Å². The molecule has 0 unspecified atom stereocenters. The SMILES string of the molecule is CN(CCO)c1ccccc1S(C)(=O)=O. The molecular formula is C10H15NO3S. The molecule has 15 heavy (non-hydrogen) atoms. The van der Waals surface area contributed by atoms with Crippen LogP contribution in [-0.2, 0) is 9.84 Å². The predicted octanol–water partition coefficient (Wildman–Crippen LogP) is 0.519. The van der Waals surface area contributed by atoms with Crippen LogP contribution in [-0.4, -0.2) is 40.0 Å². The zero-order valence-electron chi connectivity index (χ0n) is 8.84. The molecule has 1 aromatic rings. The summed E-state index contributed by atoms with van der Waals surface area (Å²) in [6.45, 7) is 0.404. The average Bonchev–Trinajstić information content (AvgIpc) is 2.17. The fourth-order valence-corrected chi connectivity index (χ4v) is 2.29. The molecule has 1 N–H and O–H groups in total. The first kappa shape index (κ1) is 12.0. The molecule has 1 rings (SSSR count). The van der Waals surface area contributed by atoms with E-state index in [1.165, 1.54) is 6.26 Å². The highest BCUT2D eigenvalue weighted by atomic mass is 32.2. The van der Waals surface area contributed by atoms with E-state index in [2.05, 4.69) is 0 Å². The van der Waals surface area contributed by atoms with Crippen molar-refractivity contribution in [3.05, 3.63) is 24.3 Å². The number of rotatable bonds is 4. The zero-order chi connectivity index (χ0) is 11.5. The third-order valence-corrected chi connectivity index (χ3v) is 3.26. The summed E-state index contributed by atoms with van der Waals surface area (Å²) in [4.78, 5) is 2.01. The number of aliphatic hydroxyl groups is 1. The molecule has 0 aliphatic rings. The first-order valence-electron chi connectivity index (χ1n) is 4.58. The van der Waals surface area contributed by atoms with Crippen LogP contribution in [0.5, 0.6) is 0 Å². The molecule has 4 nitrogen and oxygen atoms in total. The van der Waals surface area contributed by atoms with Gasteiger partial charge in [0.15, 0.2) is 9.84 Å². The molecule has 0 aliphatic heterocycles. The monoisotopic (exact) mass is 229 g/mol. The summed E-state index contributed by atoms with van der Waals surface area (Å²) in [5, 5.41) is 8.80. The van der Waals surface area contributed by atoms with Crippen LogP contribution in [0.2, 0.25) is 0 Å². The lowest BCUT2D eigenvalue weighted by molar-refractivity contribution is 0.304. The Bertz CT molecular complexity index is 428. The number of hydrogen-bond donors (Lipinski definition) is 1. The van der Waals surface area contributed by atoms with Crippen molar-refractivity contribution in [1.29, 1.82) is 0 Å². The number of nitrogens with zero attached hydrogens (tertiary/aromatic N) is 1. The lowest BCUT2D eigenvalue weighted by Crippen LogP contribution is -2.23. The van der Waals surface area contributed by atoms with Crippen molar-refractivity contribution in [2.45, 2.75) is 4.90 Å². The molecule has 0 radical (unpaired) electrons. The molecule has 0 heterocycles. The minimum absolute atomic E-state index is 0.00536. The van der Waals surface area contributed by atoms with Gasteiger partial charge in [0.25, 0.3) is 0 Å². The van der Waals surface area contributed by atoms with Crippen LogP contribution in [0.25, 0.3) is 0 Å². The summed E-state index contributed by atoms with van der Waals surface area (Å²) in [6, 6.07) is 6.76. The highest BCUT2D eigenvalue weighted by Gasteiger charge is 2.14. The molecule has 0 atom stereocenters. The summed E-state index contributed by atoms with van der Waals surface area (Å²) >= 11 is 0. The Morgan fingerprint density at radius 2 is 1.93 bits per heavy atom.